The smallest absolute Gasteiger partial charge is 0.313 e. The van der Waals surface area contributed by atoms with E-state index in [9.17, 15) is 4.79 Å². The summed E-state index contributed by atoms with van der Waals surface area (Å²) in [7, 11) is 0. The fourth-order valence-corrected chi connectivity index (χ4v) is 2.87. The monoisotopic (exact) mass is 305 g/mol. The zero-order valence-electron chi connectivity index (χ0n) is 12.2. The third-order valence-electron chi connectivity index (χ3n) is 3.20. The van der Waals surface area contributed by atoms with Crippen molar-refractivity contribution in [2.45, 2.75) is 37.9 Å². The van der Waals surface area contributed by atoms with Crippen LogP contribution in [0.15, 0.2) is 35.5 Å². The first-order valence-electron chi connectivity index (χ1n) is 6.96. The van der Waals surface area contributed by atoms with Gasteiger partial charge in [0.15, 0.2) is 5.16 Å². The Labute approximate surface area is 128 Å². The third-order valence-corrected chi connectivity index (χ3v) is 4.16. The second-order valence-corrected chi connectivity index (χ2v) is 5.75. The minimum atomic E-state index is -0.844. The van der Waals surface area contributed by atoms with E-state index < -0.39 is 5.97 Å². The van der Waals surface area contributed by atoms with Gasteiger partial charge in [-0.1, -0.05) is 55.9 Å². The second kappa shape index (κ2) is 7.26. The van der Waals surface area contributed by atoms with Gasteiger partial charge < -0.3 is 9.67 Å². The zero-order valence-corrected chi connectivity index (χ0v) is 13.0. The number of hydrogen-bond acceptors (Lipinski definition) is 4. The molecule has 1 atom stereocenters. The summed E-state index contributed by atoms with van der Waals surface area (Å²) in [6.45, 7) is 4.97. The first-order valence-corrected chi connectivity index (χ1v) is 7.94. The molecule has 1 heterocycles. The van der Waals surface area contributed by atoms with Crippen molar-refractivity contribution >= 4 is 17.7 Å². The largest absolute Gasteiger partial charge is 0.481 e. The summed E-state index contributed by atoms with van der Waals surface area (Å²) in [6, 6.07) is 10.1. The predicted molar refractivity (Wildman–Crippen MR) is 82.6 cm³/mol. The molecule has 2 aromatic rings. The van der Waals surface area contributed by atoms with Crippen molar-refractivity contribution in [3.8, 4) is 0 Å². The number of aliphatic carboxylic acids is 1. The molecule has 6 heteroatoms. The van der Waals surface area contributed by atoms with Crippen molar-refractivity contribution in [1.82, 2.24) is 14.8 Å². The molecular formula is C15H19N3O2S. The summed E-state index contributed by atoms with van der Waals surface area (Å²) in [4.78, 5) is 10.7. The molecule has 0 saturated heterocycles. The molecule has 112 valence electrons. The lowest BCUT2D eigenvalue weighted by Gasteiger charge is -2.14. The summed E-state index contributed by atoms with van der Waals surface area (Å²) in [5.41, 5.74) is 1.18. The van der Waals surface area contributed by atoms with Gasteiger partial charge in [-0.15, -0.1) is 10.2 Å². The van der Waals surface area contributed by atoms with Crippen LogP contribution in [0.2, 0.25) is 0 Å². The van der Waals surface area contributed by atoms with Gasteiger partial charge >= 0.3 is 5.97 Å². The average molecular weight is 305 g/mol. The van der Waals surface area contributed by atoms with Crippen LogP contribution in [0.3, 0.4) is 0 Å². The van der Waals surface area contributed by atoms with Crippen LogP contribution < -0.4 is 0 Å². The van der Waals surface area contributed by atoms with Crippen molar-refractivity contribution < 1.29 is 9.90 Å². The first-order chi connectivity index (χ1) is 10.1. The Kier molecular flexibility index (Phi) is 5.38. The van der Waals surface area contributed by atoms with E-state index in [0.717, 1.165) is 18.8 Å². The SMILES string of the molecule is CCCn1c(SCC(=O)O)nnc1C(C)c1ccccc1. The fourth-order valence-electron chi connectivity index (χ4n) is 2.18. The molecule has 1 N–H and O–H groups in total. The van der Waals surface area contributed by atoms with Crippen molar-refractivity contribution in [2.24, 2.45) is 0 Å². The molecule has 2 rings (SSSR count). The Bertz CT molecular complexity index is 598. The quantitative estimate of drug-likeness (QED) is 0.796. The predicted octanol–water partition coefficient (Wildman–Crippen LogP) is 3.02. The molecule has 0 aliphatic heterocycles. The van der Waals surface area contributed by atoms with Crippen LogP contribution in [0.1, 0.15) is 37.6 Å². The first kappa shape index (κ1) is 15.6. The molecule has 1 unspecified atom stereocenters. The van der Waals surface area contributed by atoms with Crippen molar-refractivity contribution in [1.29, 1.82) is 0 Å². The van der Waals surface area contributed by atoms with E-state index in [-0.39, 0.29) is 11.7 Å². The van der Waals surface area contributed by atoms with E-state index in [0.29, 0.717) is 5.16 Å². The van der Waals surface area contributed by atoms with E-state index in [1.165, 1.54) is 17.3 Å². The number of thioether (sulfide) groups is 1. The molecule has 0 aliphatic rings. The van der Waals surface area contributed by atoms with Gasteiger partial charge in [0.25, 0.3) is 0 Å². The second-order valence-electron chi connectivity index (χ2n) is 4.81. The molecular weight excluding hydrogens is 286 g/mol. The molecule has 0 spiro atoms. The Hall–Kier alpha value is -1.82. The molecule has 0 fully saturated rings. The fraction of sp³-hybridized carbons (Fsp3) is 0.400. The maximum absolute atomic E-state index is 10.7. The summed E-state index contributed by atoms with van der Waals surface area (Å²) >= 11 is 1.22. The Balaban J connectivity index is 2.28. The number of aromatic nitrogens is 3. The maximum atomic E-state index is 10.7. The van der Waals surface area contributed by atoms with Gasteiger partial charge in [0.1, 0.15) is 5.82 Å². The number of nitrogens with zero attached hydrogens (tertiary/aromatic N) is 3. The number of benzene rings is 1. The number of rotatable bonds is 7. The summed E-state index contributed by atoms with van der Waals surface area (Å²) in [5.74, 6) is 0.172. The maximum Gasteiger partial charge on any atom is 0.313 e. The van der Waals surface area contributed by atoms with Crippen molar-refractivity contribution in [3.63, 3.8) is 0 Å². The van der Waals surface area contributed by atoms with Crippen LogP contribution in [0.5, 0.6) is 0 Å². The molecule has 0 radical (unpaired) electrons. The summed E-state index contributed by atoms with van der Waals surface area (Å²) < 4.78 is 2.03. The van der Waals surface area contributed by atoms with Crippen LogP contribution in [-0.2, 0) is 11.3 Å². The van der Waals surface area contributed by atoms with Crippen molar-refractivity contribution in [2.75, 3.05) is 5.75 Å². The minimum absolute atomic E-state index is 0.00155. The van der Waals surface area contributed by atoms with Crippen LogP contribution in [0.4, 0.5) is 0 Å². The molecule has 1 aromatic heterocycles. The Morgan fingerprint density at radius 1 is 1.33 bits per heavy atom. The van der Waals surface area contributed by atoms with E-state index in [2.05, 4.69) is 36.2 Å². The van der Waals surface area contributed by atoms with Gasteiger partial charge in [0.2, 0.25) is 0 Å². The van der Waals surface area contributed by atoms with Gasteiger partial charge in [-0.2, -0.15) is 0 Å². The van der Waals surface area contributed by atoms with Gasteiger partial charge in [-0.05, 0) is 12.0 Å². The number of carboxylic acid groups (broad SMARTS) is 1. The number of hydrogen-bond donors (Lipinski definition) is 1. The average Bonchev–Trinajstić information content (AvgIpc) is 2.88. The zero-order chi connectivity index (χ0) is 15.2. The molecule has 0 amide bonds. The van der Waals surface area contributed by atoms with E-state index >= 15 is 0 Å². The van der Waals surface area contributed by atoms with E-state index in [1.54, 1.807) is 0 Å². The van der Waals surface area contributed by atoms with Crippen molar-refractivity contribution in [3.05, 3.63) is 41.7 Å². The highest BCUT2D eigenvalue weighted by atomic mass is 32.2. The normalized spacial score (nSPS) is 12.3. The molecule has 0 bridgehead atoms. The topological polar surface area (TPSA) is 68.0 Å². The van der Waals surface area contributed by atoms with Crippen LogP contribution in [-0.4, -0.2) is 31.6 Å². The van der Waals surface area contributed by atoms with Gasteiger partial charge in [-0.3, -0.25) is 4.79 Å². The molecule has 0 saturated carbocycles. The van der Waals surface area contributed by atoms with Gasteiger partial charge in [0.05, 0.1) is 5.75 Å². The van der Waals surface area contributed by atoms with Crippen LogP contribution in [0, 0.1) is 0 Å². The summed E-state index contributed by atoms with van der Waals surface area (Å²) in [6.07, 6.45) is 0.952. The molecule has 5 nitrogen and oxygen atoms in total. The third kappa shape index (κ3) is 3.85. The molecule has 1 aromatic carbocycles. The number of carbonyl (C=O) groups is 1. The van der Waals surface area contributed by atoms with Crippen LogP contribution in [0.25, 0.3) is 0 Å². The standard InChI is InChI=1S/C15H19N3O2S/c1-3-9-18-14(11(2)12-7-5-4-6-8-12)16-17-15(18)21-10-13(19)20/h4-8,11H,3,9-10H2,1-2H3,(H,19,20). The van der Waals surface area contributed by atoms with Gasteiger partial charge in [-0.25, -0.2) is 0 Å². The Morgan fingerprint density at radius 3 is 2.67 bits per heavy atom. The lowest BCUT2D eigenvalue weighted by atomic mass is 10.0. The minimum Gasteiger partial charge on any atom is -0.481 e. The highest BCUT2D eigenvalue weighted by molar-refractivity contribution is 7.99. The lowest BCUT2D eigenvalue weighted by Crippen LogP contribution is -2.10. The van der Waals surface area contributed by atoms with Crippen LogP contribution >= 0.6 is 11.8 Å². The lowest BCUT2D eigenvalue weighted by molar-refractivity contribution is -0.133. The molecule has 0 aliphatic carbocycles. The van der Waals surface area contributed by atoms with E-state index in [4.69, 9.17) is 5.11 Å². The highest BCUT2D eigenvalue weighted by Crippen LogP contribution is 2.26. The van der Waals surface area contributed by atoms with E-state index in [1.807, 2.05) is 22.8 Å². The Morgan fingerprint density at radius 2 is 2.05 bits per heavy atom. The highest BCUT2D eigenvalue weighted by Gasteiger charge is 2.19. The number of carboxylic acids is 1. The molecule has 21 heavy (non-hydrogen) atoms. The van der Waals surface area contributed by atoms with Gasteiger partial charge in [0, 0.05) is 12.5 Å². The summed E-state index contributed by atoms with van der Waals surface area (Å²) in [5, 5.41) is 17.9.